The van der Waals surface area contributed by atoms with E-state index in [0.29, 0.717) is 22.7 Å². The summed E-state index contributed by atoms with van der Waals surface area (Å²) in [4.78, 5) is 43.0. The largest absolute Gasteiger partial charge is 0.431 e. The molecule has 3 N–H and O–H groups in total. The number of ketones is 1. The third-order valence-corrected chi connectivity index (χ3v) is 4.79. The van der Waals surface area contributed by atoms with Crippen molar-refractivity contribution >= 4 is 46.1 Å². The monoisotopic (exact) mass is 408 g/mol. The average molecular weight is 409 g/mol. The van der Waals surface area contributed by atoms with Gasteiger partial charge in [0.1, 0.15) is 16.9 Å². The molecule has 0 spiro atoms. The van der Waals surface area contributed by atoms with Crippen molar-refractivity contribution in [2.45, 2.75) is 25.6 Å². The SMILES string of the molecule is CC(C)Cn1c(N)c(C(=O)CSc2nc3cc(Cl)ccc3o2)c(=O)[nH]c1=O. The van der Waals surface area contributed by atoms with Gasteiger partial charge in [0, 0.05) is 11.6 Å². The summed E-state index contributed by atoms with van der Waals surface area (Å²) in [5.41, 5.74) is 5.38. The number of nitrogens with one attached hydrogen (secondary N) is 1. The minimum absolute atomic E-state index is 0.111. The third-order valence-electron chi connectivity index (χ3n) is 3.72. The summed E-state index contributed by atoms with van der Waals surface area (Å²) in [7, 11) is 0. The Kier molecular flexibility index (Phi) is 5.43. The first kappa shape index (κ1) is 19.2. The number of H-pyrrole nitrogens is 1. The third kappa shape index (κ3) is 4.09. The molecule has 2 heterocycles. The van der Waals surface area contributed by atoms with Gasteiger partial charge in [-0.05, 0) is 24.1 Å². The van der Waals surface area contributed by atoms with E-state index in [4.69, 9.17) is 21.8 Å². The molecule has 0 aliphatic carbocycles. The van der Waals surface area contributed by atoms with Gasteiger partial charge in [-0.1, -0.05) is 37.2 Å². The van der Waals surface area contributed by atoms with Gasteiger partial charge < -0.3 is 10.2 Å². The number of rotatable bonds is 6. The number of aromatic amines is 1. The molecule has 3 rings (SSSR count). The fourth-order valence-corrected chi connectivity index (χ4v) is 3.42. The first-order valence-electron chi connectivity index (χ1n) is 8.11. The Morgan fingerprint density at radius 2 is 2.15 bits per heavy atom. The summed E-state index contributed by atoms with van der Waals surface area (Å²) in [6.45, 7) is 4.09. The maximum absolute atomic E-state index is 12.6. The number of oxazole rings is 1. The lowest BCUT2D eigenvalue weighted by molar-refractivity contribution is 0.102. The van der Waals surface area contributed by atoms with E-state index in [1.807, 2.05) is 13.8 Å². The van der Waals surface area contributed by atoms with E-state index in [0.717, 1.165) is 11.8 Å². The summed E-state index contributed by atoms with van der Waals surface area (Å²) in [6.07, 6.45) is 0. The van der Waals surface area contributed by atoms with Crippen LogP contribution in [0.15, 0.2) is 37.4 Å². The zero-order chi connectivity index (χ0) is 19.7. The molecule has 8 nitrogen and oxygen atoms in total. The molecule has 2 aromatic heterocycles. The average Bonchev–Trinajstić information content (AvgIpc) is 2.98. The van der Waals surface area contributed by atoms with Gasteiger partial charge in [-0.2, -0.15) is 0 Å². The number of aromatic nitrogens is 3. The maximum Gasteiger partial charge on any atom is 0.329 e. The highest BCUT2D eigenvalue weighted by Gasteiger charge is 2.21. The molecule has 0 saturated carbocycles. The van der Waals surface area contributed by atoms with Crippen molar-refractivity contribution < 1.29 is 9.21 Å². The number of thioether (sulfide) groups is 1. The van der Waals surface area contributed by atoms with E-state index in [2.05, 4.69) is 9.97 Å². The molecule has 0 unspecified atom stereocenters. The van der Waals surface area contributed by atoms with Crippen LogP contribution in [0.5, 0.6) is 0 Å². The van der Waals surface area contributed by atoms with Gasteiger partial charge in [-0.15, -0.1) is 0 Å². The number of nitrogens with two attached hydrogens (primary N) is 1. The number of hydrogen-bond acceptors (Lipinski definition) is 7. The van der Waals surface area contributed by atoms with Crippen LogP contribution in [0.25, 0.3) is 11.1 Å². The molecule has 1 aromatic carbocycles. The second kappa shape index (κ2) is 7.61. The van der Waals surface area contributed by atoms with E-state index in [9.17, 15) is 14.4 Å². The van der Waals surface area contributed by atoms with Crippen molar-refractivity contribution in [2.24, 2.45) is 5.92 Å². The molecule has 142 valence electrons. The zero-order valence-electron chi connectivity index (χ0n) is 14.6. The van der Waals surface area contributed by atoms with Crippen LogP contribution < -0.4 is 17.0 Å². The van der Waals surface area contributed by atoms with E-state index < -0.39 is 17.0 Å². The van der Waals surface area contributed by atoms with Gasteiger partial charge in [0.2, 0.25) is 0 Å². The van der Waals surface area contributed by atoms with Crippen LogP contribution >= 0.6 is 23.4 Å². The van der Waals surface area contributed by atoms with Crippen molar-refractivity contribution in [3.8, 4) is 0 Å². The van der Waals surface area contributed by atoms with Gasteiger partial charge in [-0.3, -0.25) is 19.1 Å². The number of Topliss-reactive ketones (excluding diaryl/α,β-unsaturated/α-hetero) is 1. The van der Waals surface area contributed by atoms with Crippen molar-refractivity contribution in [1.82, 2.24) is 14.5 Å². The van der Waals surface area contributed by atoms with Crippen LogP contribution in [-0.2, 0) is 6.54 Å². The summed E-state index contributed by atoms with van der Waals surface area (Å²) in [5.74, 6) is -0.656. The number of carbonyl (C=O) groups is 1. The minimum atomic E-state index is -0.799. The Labute approximate surface area is 162 Å². The van der Waals surface area contributed by atoms with Gasteiger partial charge in [0.15, 0.2) is 11.4 Å². The molecule has 3 aromatic rings. The quantitative estimate of drug-likeness (QED) is 0.474. The molecule has 0 aliphatic rings. The van der Waals surface area contributed by atoms with E-state index in [1.54, 1.807) is 18.2 Å². The van der Waals surface area contributed by atoms with E-state index >= 15 is 0 Å². The molecular weight excluding hydrogens is 392 g/mol. The van der Waals surface area contributed by atoms with Gasteiger partial charge in [0.05, 0.1) is 5.75 Å². The number of nitrogen functional groups attached to an aromatic ring is 1. The highest BCUT2D eigenvalue weighted by Crippen LogP contribution is 2.26. The minimum Gasteiger partial charge on any atom is -0.431 e. The van der Waals surface area contributed by atoms with Crippen LogP contribution in [0.3, 0.4) is 0 Å². The fourth-order valence-electron chi connectivity index (χ4n) is 2.54. The number of hydrogen-bond donors (Lipinski definition) is 2. The fraction of sp³-hybridized carbons (Fsp3) is 0.294. The Bertz CT molecular complexity index is 1130. The molecule has 10 heteroatoms. The first-order chi connectivity index (χ1) is 12.8. The Balaban J connectivity index is 1.85. The highest BCUT2D eigenvalue weighted by molar-refractivity contribution is 7.99. The van der Waals surface area contributed by atoms with Crippen LogP contribution in [0.2, 0.25) is 5.02 Å². The lowest BCUT2D eigenvalue weighted by Gasteiger charge is -2.13. The van der Waals surface area contributed by atoms with Crippen LogP contribution in [0.4, 0.5) is 5.82 Å². The summed E-state index contributed by atoms with van der Waals surface area (Å²) < 4.78 is 6.73. The number of fused-ring (bicyclic) bond motifs is 1. The smallest absolute Gasteiger partial charge is 0.329 e. The number of benzene rings is 1. The summed E-state index contributed by atoms with van der Waals surface area (Å²) in [5, 5.41) is 0.793. The molecule has 0 aliphatic heterocycles. The lowest BCUT2D eigenvalue weighted by Crippen LogP contribution is -2.37. The highest BCUT2D eigenvalue weighted by atomic mass is 35.5. The van der Waals surface area contributed by atoms with Crippen molar-refractivity contribution in [3.63, 3.8) is 0 Å². The Hall–Kier alpha value is -2.52. The van der Waals surface area contributed by atoms with E-state index in [-0.39, 0.29) is 28.3 Å². The molecule has 27 heavy (non-hydrogen) atoms. The molecule has 0 saturated heterocycles. The Morgan fingerprint density at radius 1 is 1.41 bits per heavy atom. The summed E-state index contributed by atoms with van der Waals surface area (Å²) >= 11 is 6.94. The molecule has 0 radical (unpaired) electrons. The molecular formula is C17H17ClN4O4S. The topological polar surface area (TPSA) is 124 Å². The van der Waals surface area contributed by atoms with Crippen molar-refractivity contribution in [3.05, 3.63) is 49.6 Å². The van der Waals surface area contributed by atoms with Crippen LogP contribution in [-0.4, -0.2) is 26.1 Å². The maximum atomic E-state index is 12.6. The van der Waals surface area contributed by atoms with E-state index in [1.165, 1.54) is 4.57 Å². The molecule has 0 bridgehead atoms. The summed E-state index contributed by atoms with van der Waals surface area (Å²) in [6, 6.07) is 5.00. The molecule has 0 fully saturated rings. The predicted molar refractivity (Wildman–Crippen MR) is 105 cm³/mol. The number of carbonyl (C=O) groups excluding carboxylic acids is 1. The Morgan fingerprint density at radius 3 is 2.85 bits per heavy atom. The second-order valence-corrected chi connectivity index (χ2v) is 7.69. The lowest BCUT2D eigenvalue weighted by atomic mass is 10.2. The van der Waals surface area contributed by atoms with Gasteiger partial charge in [0.25, 0.3) is 10.8 Å². The standard InChI is InChI=1S/C17H17ClN4O4S/c1-8(2)6-22-14(19)13(15(24)21-16(22)25)11(23)7-27-17-20-10-5-9(18)3-4-12(10)26-17/h3-5,8H,6-7,19H2,1-2H3,(H,21,24,25). The number of anilines is 1. The van der Waals surface area contributed by atoms with Crippen LogP contribution in [0, 0.1) is 5.92 Å². The van der Waals surface area contributed by atoms with Gasteiger partial charge in [-0.25, -0.2) is 9.78 Å². The second-order valence-electron chi connectivity index (χ2n) is 6.33. The number of halogens is 1. The van der Waals surface area contributed by atoms with Gasteiger partial charge >= 0.3 is 5.69 Å². The predicted octanol–water partition coefficient (Wildman–Crippen LogP) is 2.54. The van der Waals surface area contributed by atoms with Crippen molar-refractivity contribution in [1.29, 1.82) is 0 Å². The zero-order valence-corrected chi connectivity index (χ0v) is 16.2. The van der Waals surface area contributed by atoms with Crippen LogP contribution in [0.1, 0.15) is 24.2 Å². The molecule has 0 atom stereocenters. The van der Waals surface area contributed by atoms with Crippen molar-refractivity contribution in [2.75, 3.05) is 11.5 Å². The number of nitrogens with zero attached hydrogens (tertiary/aromatic N) is 2. The molecule has 0 amide bonds. The first-order valence-corrected chi connectivity index (χ1v) is 9.47. The normalized spacial score (nSPS) is 11.4.